The molecule has 2 rings (SSSR count). The van der Waals surface area contributed by atoms with Gasteiger partial charge in [-0.05, 0) is 29.3 Å². The summed E-state index contributed by atoms with van der Waals surface area (Å²) in [6, 6.07) is 3.92. The molecule has 0 aromatic carbocycles. The number of amidine groups is 1. The van der Waals surface area contributed by atoms with Crippen LogP contribution in [-0.4, -0.2) is 11.1 Å². The number of amides is 1. The van der Waals surface area contributed by atoms with Crippen LogP contribution in [0.4, 0.5) is 4.79 Å². The molecule has 0 bridgehead atoms. The van der Waals surface area contributed by atoms with Crippen molar-refractivity contribution in [3.63, 3.8) is 0 Å². The maximum Gasteiger partial charge on any atom is 0.311 e. The minimum absolute atomic E-state index is 0.236. The number of nitrogens with two attached hydrogens (primary N) is 1. The minimum Gasteiger partial charge on any atom is -0.383 e. The van der Waals surface area contributed by atoms with Crippen LogP contribution in [0.25, 0.3) is 6.08 Å². The van der Waals surface area contributed by atoms with E-state index in [0.29, 0.717) is 5.84 Å². The van der Waals surface area contributed by atoms with Crippen LogP contribution in [0.2, 0.25) is 0 Å². The lowest BCUT2D eigenvalue weighted by Gasteiger charge is -1.91. The van der Waals surface area contributed by atoms with Crippen molar-refractivity contribution in [1.82, 2.24) is 0 Å². The van der Waals surface area contributed by atoms with Crippen molar-refractivity contribution < 1.29 is 4.79 Å². The van der Waals surface area contributed by atoms with Crippen molar-refractivity contribution in [1.29, 1.82) is 0 Å². The topological polar surface area (TPSA) is 55.4 Å². The van der Waals surface area contributed by atoms with Crippen LogP contribution in [0.5, 0.6) is 0 Å². The van der Waals surface area contributed by atoms with Crippen LogP contribution in [0, 0.1) is 0 Å². The molecular weight excluding hydrogens is 204 g/mol. The monoisotopic (exact) mass is 210 g/mol. The van der Waals surface area contributed by atoms with E-state index in [0.717, 1.165) is 21.5 Å². The Kier molecular flexibility index (Phi) is 2.20. The zero-order valence-electron chi connectivity index (χ0n) is 6.56. The number of hydrogen-bond acceptors (Lipinski definition) is 4. The molecule has 1 aliphatic rings. The van der Waals surface area contributed by atoms with Crippen LogP contribution in [0.15, 0.2) is 27.4 Å². The Morgan fingerprint density at radius 2 is 2.38 bits per heavy atom. The molecule has 0 unspecified atom stereocenters. The number of thioether (sulfide) groups is 1. The van der Waals surface area contributed by atoms with E-state index in [1.165, 1.54) is 0 Å². The van der Waals surface area contributed by atoms with Gasteiger partial charge in [0.2, 0.25) is 0 Å². The van der Waals surface area contributed by atoms with Crippen molar-refractivity contribution in [3.05, 3.63) is 27.3 Å². The molecular formula is C8H6N2OS2. The van der Waals surface area contributed by atoms with Gasteiger partial charge in [0, 0.05) is 4.88 Å². The van der Waals surface area contributed by atoms with E-state index in [2.05, 4.69) is 4.99 Å². The molecule has 2 heterocycles. The number of hydrogen-bond donors (Lipinski definition) is 1. The molecule has 0 radical (unpaired) electrons. The predicted octanol–water partition coefficient (Wildman–Crippen LogP) is 2.31. The molecule has 1 amide bonds. The van der Waals surface area contributed by atoms with Crippen molar-refractivity contribution in [2.75, 3.05) is 0 Å². The largest absolute Gasteiger partial charge is 0.383 e. The fourth-order valence-corrected chi connectivity index (χ4v) is 2.33. The molecule has 1 aromatic heterocycles. The lowest BCUT2D eigenvalue weighted by Crippen LogP contribution is -2.08. The highest BCUT2D eigenvalue weighted by Crippen LogP contribution is 2.28. The highest BCUT2D eigenvalue weighted by atomic mass is 32.2. The SMILES string of the molecule is NC1=NC(=O)S/C1=C\c1cccs1. The van der Waals surface area contributed by atoms with Gasteiger partial charge < -0.3 is 5.73 Å². The summed E-state index contributed by atoms with van der Waals surface area (Å²) in [4.78, 5) is 16.3. The number of aliphatic imine (C=N–C) groups is 1. The first kappa shape index (κ1) is 8.52. The summed E-state index contributed by atoms with van der Waals surface area (Å²) in [6.45, 7) is 0. The van der Waals surface area contributed by atoms with Crippen molar-refractivity contribution >= 4 is 40.2 Å². The molecule has 66 valence electrons. The number of carbonyl (C=O) groups is 1. The first-order chi connectivity index (χ1) is 6.25. The standard InChI is InChI=1S/C8H6N2OS2/c9-7-6(13-8(11)10-7)4-5-2-1-3-12-5/h1-4H,(H2,9,10,11)/b6-4-. The van der Waals surface area contributed by atoms with Gasteiger partial charge in [-0.2, -0.15) is 4.99 Å². The van der Waals surface area contributed by atoms with Crippen LogP contribution >= 0.6 is 23.1 Å². The maximum absolute atomic E-state index is 10.9. The number of thiophene rings is 1. The zero-order chi connectivity index (χ0) is 9.26. The summed E-state index contributed by atoms with van der Waals surface area (Å²) in [7, 11) is 0. The van der Waals surface area contributed by atoms with E-state index < -0.39 is 0 Å². The number of carbonyl (C=O) groups excluding carboxylic acids is 1. The zero-order valence-corrected chi connectivity index (χ0v) is 8.19. The van der Waals surface area contributed by atoms with Gasteiger partial charge in [-0.1, -0.05) is 6.07 Å². The summed E-state index contributed by atoms with van der Waals surface area (Å²) in [5, 5.41) is 1.74. The van der Waals surface area contributed by atoms with E-state index in [9.17, 15) is 4.79 Å². The Morgan fingerprint density at radius 3 is 2.92 bits per heavy atom. The molecule has 0 atom stereocenters. The highest BCUT2D eigenvalue weighted by molar-refractivity contribution is 8.18. The maximum atomic E-state index is 10.9. The fourth-order valence-electron chi connectivity index (χ4n) is 0.929. The molecule has 1 aliphatic heterocycles. The van der Waals surface area contributed by atoms with Crippen LogP contribution in [0.1, 0.15) is 4.88 Å². The van der Waals surface area contributed by atoms with Gasteiger partial charge in [-0.15, -0.1) is 11.3 Å². The Morgan fingerprint density at radius 1 is 1.54 bits per heavy atom. The Labute approximate surface area is 83.4 Å². The molecule has 0 spiro atoms. The van der Waals surface area contributed by atoms with Gasteiger partial charge in [0.1, 0.15) is 5.84 Å². The van der Waals surface area contributed by atoms with Gasteiger partial charge in [0.15, 0.2) is 0 Å². The Balaban J connectivity index is 2.29. The second-order valence-corrected chi connectivity index (χ2v) is 4.36. The van der Waals surface area contributed by atoms with Gasteiger partial charge in [-0.25, -0.2) is 0 Å². The quantitative estimate of drug-likeness (QED) is 0.773. The summed E-state index contributed by atoms with van der Waals surface area (Å²) in [5.41, 5.74) is 5.53. The molecule has 0 saturated heterocycles. The van der Waals surface area contributed by atoms with Gasteiger partial charge in [-0.3, -0.25) is 4.79 Å². The number of nitrogens with zero attached hydrogens (tertiary/aromatic N) is 1. The smallest absolute Gasteiger partial charge is 0.311 e. The average molecular weight is 210 g/mol. The molecule has 13 heavy (non-hydrogen) atoms. The molecule has 5 heteroatoms. The van der Waals surface area contributed by atoms with Crippen LogP contribution in [0.3, 0.4) is 0 Å². The first-order valence-electron chi connectivity index (χ1n) is 3.57. The third-order valence-electron chi connectivity index (χ3n) is 1.48. The normalized spacial score (nSPS) is 19.5. The lowest BCUT2D eigenvalue weighted by molar-refractivity contribution is 0.268. The lowest BCUT2D eigenvalue weighted by atomic mass is 10.4. The van der Waals surface area contributed by atoms with Gasteiger partial charge in [0.25, 0.3) is 0 Å². The van der Waals surface area contributed by atoms with E-state index >= 15 is 0 Å². The second kappa shape index (κ2) is 3.35. The summed E-state index contributed by atoms with van der Waals surface area (Å²) in [6.07, 6.45) is 1.87. The van der Waals surface area contributed by atoms with E-state index in [4.69, 9.17) is 5.73 Å². The molecule has 0 aliphatic carbocycles. The summed E-state index contributed by atoms with van der Waals surface area (Å²) >= 11 is 2.67. The minimum atomic E-state index is -0.236. The Hall–Kier alpha value is -1.07. The fraction of sp³-hybridized carbons (Fsp3) is 0. The summed E-state index contributed by atoms with van der Waals surface area (Å²) < 4.78 is 0. The molecule has 1 aromatic rings. The van der Waals surface area contributed by atoms with Crippen molar-refractivity contribution in [2.24, 2.45) is 10.7 Å². The predicted molar refractivity (Wildman–Crippen MR) is 56.9 cm³/mol. The summed E-state index contributed by atoms with van der Waals surface area (Å²) in [5.74, 6) is 0.323. The first-order valence-corrected chi connectivity index (χ1v) is 5.27. The van der Waals surface area contributed by atoms with E-state index in [-0.39, 0.29) is 5.24 Å². The van der Waals surface area contributed by atoms with Crippen molar-refractivity contribution in [3.8, 4) is 0 Å². The second-order valence-electron chi connectivity index (χ2n) is 2.39. The van der Waals surface area contributed by atoms with E-state index in [1.54, 1.807) is 11.3 Å². The van der Waals surface area contributed by atoms with Crippen molar-refractivity contribution in [2.45, 2.75) is 0 Å². The van der Waals surface area contributed by atoms with Crippen LogP contribution in [-0.2, 0) is 0 Å². The molecule has 0 saturated carbocycles. The molecule has 3 nitrogen and oxygen atoms in total. The molecule has 2 N–H and O–H groups in total. The van der Waals surface area contributed by atoms with E-state index in [1.807, 2.05) is 23.6 Å². The third-order valence-corrected chi connectivity index (χ3v) is 3.11. The number of rotatable bonds is 1. The highest BCUT2D eigenvalue weighted by Gasteiger charge is 2.18. The van der Waals surface area contributed by atoms with Gasteiger partial charge in [0.05, 0.1) is 4.91 Å². The average Bonchev–Trinajstić information content (AvgIpc) is 2.63. The Bertz CT molecular complexity index is 392. The van der Waals surface area contributed by atoms with Gasteiger partial charge >= 0.3 is 5.24 Å². The molecule has 0 fully saturated rings. The third kappa shape index (κ3) is 1.81. The van der Waals surface area contributed by atoms with Crippen LogP contribution < -0.4 is 5.73 Å².